The molecule has 1 fully saturated rings. The molecule has 84 valence electrons. The number of thiophene rings is 1. The van der Waals surface area contributed by atoms with Gasteiger partial charge in [0, 0.05) is 27.7 Å². The molecule has 0 bridgehead atoms. The van der Waals surface area contributed by atoms with Gasteiger partial charge in [0.25, 0.3) is 5.92 Å². The molecule has 0 amide bonds. The molecule has 15 heavy (non-hydrogen) atoms. The third-order valence-corrected chi connectivity index (χ3v) is 4.16. The van der Waals surface area contributed by atoms with Gasteiger partial charge in [0.1, 0.15) is 0 Å². The average molecular weight is 296 g/mol. The van der Waals surface area contributed by atoms with E-state index in [4.69, 9.17) is 0 Å². The van der Waals surface area contributed by atoms with E-state index >= 15 is 0 Å². The van der Waals surface area contributed by atoms with Crippen LogP contribution >= 0.6 is 27.3 Å². The van der Waals surface area contributed by atoms with Crippen LogP contribution < -0.4 is 0 Å². The van der Waals surface area contributed by atoms with Crippen molar-refractivity contribution in [3.8, 4) is 0 Å². The monoisotopic (exact) mass is 295 g/mol. The SMILES string of the molecule is FC1(F)CCCN(Cc2cc(Br)cs2)C1. The van der Waals surface area contributed by atoms with E-state index in [2.05, 4.69) is 15.9 Å². The molecule has 1 saturated heterocycles. The fourth-order valence-electron chi connectivity index (χ4n) is 1.84. The molecule has 2 heterocycles. The Kier molecular flexibility index (Phi) is 3.42. The van der Waals surface area contributed by atoms with Crippen LogP contribution in [0.2, 0.25) is 0 Å². The summed E-state index contributed by atoms with van der Waals surface area (Å²) in [6, 6.07) is 2.00. The van der Waals surface area contributed by atoms with E-state index in [1.165, 1.54) is 0 Å². The standard InChI is InChI=1S/C10H12BrF2NS/c11-8-4-9(15-6-8)5-14-3-1-2-10(12,13)7-14/h4,6H,1-3,5,7H2. The second-order valence-electron chi connectivity index (χ2n) is 3.90. The van der Waals surface area contributed by atoms with Crippen molar-refractivity contribution in [2.75, 3.05) is 13.1 Å². The number of rotatable bonds is 2. The van der Waals surface area contributed by atoms with Crippen molar-refractivity contribution >= 4 is 27.3 Å². The van der Waals surface area contributed by atoms with Gasteiger partial charge in [0.05, 0.1) is 6.54 Å². The smallest absolute Gasteiger partial charge is 0.260 e. The quantitative estimate of drug-likeness (QED) is 0.803. The maximum atomic E-state index is 13.1. The first-order valence-corrected chi connectivity index (χ1v) is 6.55. The minimum atomic E-state index is -2.49. The van der Waals surface area contributed by atoms with Gasteiger partial charge in [0.2, 0.25) is 0 Å². The number of nitrogens with zero attached hydrogens (tertiary/aromatic N) is 1. The van der Waals surface area contributed by atoms with Crippen molar-refractivity contribution in [2.45, 2.75) is 25.3 Å². The third-order valence-electron chi connectivity index (χ3n) is 2.47. The predicted molar refractivity (Wildman–Crippen MR) is 61.5 cm³/mol. The summed E-state index contributed by atoms with van der Waals surface area (Å²) < 4.78 is 27.3. The second-order valence-corrected chi connectivity index (χ2v) is 5.81. The van der Waals surface area contributed by atoms with Crippen molar-refractivity contribution in [2.24, 2.45) is 0 Å². The Morgan fingerprint density at radius 1 is 1.53 bits per heavy atom. The zero-order valence-corrected chi connectivity index (χ0v) is 10.6. The summed E-state index contributed by atoms with van der Waals surface area (Å²) in [4.78, 5) is 2.97. The minimum Gasteiger partial charge on any atom is -0.292 e. The van der Waals surface area contributed by atoms with Crippen LogP contribution in [0.15, 0.2) is 15.9 Å². The Morgan fingerprint density at radius 2 is 2.33 bits per heavy atom. The average Bonchev–Trinajstić information content (AvgIpc) is 2.49. The number of alkyl halides is 2. The molecule has 1 aromatic heterocycles. The molecule has 1 aliphatic heterocycles. The lowest BCUT2D eigenvalue weighted by molar-refractivity contribution is -0.0658. The molecule has 0 radical (unpaired) electrons. The molecular weight excluding hydrogens is 284 g/mol. The van der Waals surface area contributed by atoms with E-state index in [1.54, 1.807) is 11.3 Å². The van der Waals surface area contributed by atoms with Crippen molar-refractivity contribution in [1.82, 2.24) is 4.90 Å². The van der Waals surface area contributed by atoms with Gasteiger partial charge < -0.3 is 0 Å². The van der Waals surface area contributed by atoms with E-state index in [9.17, 15) is 8.78 Å². The summed E-state index contributed by atoms with van der Waals surface area (Å²) >= 11 is 4.97. The van der Waals surface area contributed by atoms with Gasteiger partial charge in [-0.2, -0.15) is 0 Å². The van der Waals surface area contributed by atoms with Crippen molar-refractivity contribution < 1.29 is 8.78 Å². The van der Waals surface area contributed by atoms with E-state index in [0.717, 1.165) is 15.9 Å². The van der Waals surface area contributed by atoms with Gasteiger partial charge in [-0.1, -0.05) is 0 Å². The molecule has 1 aromatic rings. The molecule has 5 heteroatoms. The summed E-state index contributed by atoms with van der Waals surface area (Å²) in [5.41, 5.74) is 0. The molecule has 0 aromatic carbocycles. The number of hydrogen-bond acceptors (Lipinski definition) is 2. The van der Waals surface area contributed by atoms with Gasteiger partial charge in [-0.05, 0) is 35.0 Å². The van der Waals surface area contributed by atoms with Crippen molar-refractivity contribution in [1.29, 1.82) is 0 Å². The van der Waals surface area contributed by atoms with E-state index in [1.807, 2.05) is 16.3 Å². The largest absolute Gasteiger partial charge is 0.292 e. The van der Waals surface area contributed by atoms with Crippen LogP contribution in [-0.4, -0.2) is 23.9 Å². The normalized spacial score (nSPS) is 21.8. The summed E-state index contributed by atoms with van der Waals surface area (Å²) in [6.07, 6.45) is 0.636. The first-order chi connectivity index (χ1) is 7.05. The highest BCUT2D eigenvalue weighted by atomic mass is 79.9. The Bertz CT molecular complexity index is 340. The highest BCUT2D eigenvalue weighted by Crippen LogP contribution is 2.29. The number of hydrogen-bond donors (Lipinski definition) is 0. The molecule has 0 aliphatic carbocycles. The molecule has 1 nitrogen and oxygen atoms in total. The highest BCUT2D eigenvalue weighted by molar-refractivity contribution is 9.10. The Labute approximate surface area is 100 Å². The lowest BCUT2D eigenvalue weighted by Gasteiger charge is -2.31. The topological polar surface area (TPSA) is 3.24 Å². The van der Waals surface area contributed by atoms with Gasteiger partial charge in [0.15, 0.2) is 0 Å². The number of piperidine rings is 1. The summed E-state index contributed by atoms with van der Waals surface area (Å²) in [7, 11) is 0. The zero-order chi connectivity index (χ0) is 10.9. The zero-order valence-electron chi connectivity index (χ0n) is 8.18. The lowest BCUT2D eigenvalue weighted by atomic mass is 10.1. The molecule has 0 spiro atoms. The first kappa shape index (κ1) is 11.5. The number of halogens is 3. The lowest BCUT2D eigenvalue weighted by Crippen LogP contribution is -2.41. The fourth-order valence-corrected chi connectivity index (χ4v) is 3.33. The maximum Gasteiger partial charge on any atom is 0.260 e. The summed E-state index contributed by atoms with van der Waals surface area (Å²) in [5.74, 6) is -2.49. The van der Waals surface area contributed by atoms with Crippen molar-refractivity contribution in [3.63, 3.8) is 0 Å². The van der Waals surface area contributed by atoms with Crippen LogP contribution in [0.25, 0.3) is 0 Å². The second kappa shape index (κ2) is 4.47. The van der Waals surface area contributed by atoms with Crippen LogP contribution in [-0.2, 0) is 6.54 Å². The summed E-state index contributed by atoms with van der Waals surface area (Å²) in [5, 5.41) is 1.98. The Balaban J connectivity index is 1.95. The summed E-state index contributed by atoms with van der Waals surface area (Å²) in [6.45, 7) is 1.33. The highest BCUT2D eigenvalue weighted by Gasteiger charge is 2.34. The van der Waals surface area contributed by atoms with E-state index in [0.29, 0.717) is 13.0 Å². The van der Waals surface area contributed by atoms with Gasteiger partial charge >= 0.3 is 0 Å². The van der Waals surface area contributed by atoms with Gasteiger partial charge in [-0.3, -0.25) is 4.90 Å². The van der Waals surface area contributed by atoms with Crippen LogP contribution in [0.3, 0.4) is 0 Å². The molecule has 0 unspecified atom stereocenters. The van der Waals surface area contributed by atoms with Crippen LogP contribution in [0.4, 0.5) is 8.78 Å². The first-order valence-electron chi connectivity index (χ1n) is 4.88. The molecule has 0 N–H and O–H groups in total. The van der Waals surface area contributed by atoms with Crippen molar-refractivity contribution in [3.05, 3.63) is 20.8 Å². The Hall–Kier alpha value is -0.0000000000000000833. The Morgan fingerprint density at radius 3 is 2.93 bits per heavy atom. The molecule has 2 rings (SSSR count). The van der Waals surface area contributed by atoms with Crippen LogP contribution in [0.5, 0.6) is 0 Å². The predicted octanol–water partition coefficient (Wildman–Crippen LogP) is 3.74. The molecule has 0 saturated carbocycles. The van der Waals surface area contributed by atoms with E-state index in [-0.39, 0.29) is 13.0 Å². The maximum absolute atomic E-state index is 13.1. The van der Waals surface area contributed by atoms with Gasteiger partial charge in [-0.15, -0.1) is 11.3 Å². The minimum absolute atomic E-state index is 0.0393. The van der Waals surface area contributed by atoms with Crippen LogP contribution in [0.1, 0.15) is 17.7 Å². The van der Waals surface area contributed by atoms with E-state index < -0.39 is 5.92 Å². The van der Waals surface area contributed by atoms with Crippen LogP contribution in [0, 0.1) is 0 Å². The number of likely N-dealkylation sites (tertiary alicyclic amines) is 1. The molecule has 0 atom stereocenters. The fraction of sp³-hybridized carbons (Fsp3) is 0.600. The molecule has 1 aliphatic rings. The van der Waals surface area contributed by atoms with Gasteiger partial charge in [-0.25, -0.2) is 8.78 Å². The molecular formula is C10H12BrF2NS. The third kappa shape index (κ3) is 3.23.